The third kappa shape index (κ3) is 4.80. The first-order valence-corrected chi connectivity index (χ1v) is 7.26. The topological polar surface area (TPSA) is 64.1 Å². The number of methoxy groups -OCH3 is 1. The maximum Gasteiger partial charge on any atom is 0.325 e. The Kier molecular flexibility index (Phi) is 6.24. The van der Waals surface area contributed by atoms with E-state index < -0.39 is 5.54 Å². The number of nitrogens with zero attached hydrogens (tertiary/aromatic N) is 2. The molecule has 0 bridgehead atoms. The number of likely N-dealkylation sites (N-methyl/N-ethyl adjacent to an activating group) is 1. The van der Waals surface area contributed by atoms with Crippen LogP contribution in [0.4, 0.5) is 0 Å². The van der Waals surface area contributed by atoms with E-state index in [1.807, 2.05) is 26.8 Å². The van der Waals surface area contributed by atoms with Crippen LogP contribution in [0, 0.1) is 6.92 Å². The predicted octanol–water partition coefficient (Wildman–Crippen LogP) is 1.81. The SMILES string of the molecule is CCNC(C)(CCSc1nccc(C)n1)C(=O)OC. The lowest BCUT2D eigenvalue weighted by molar-refractivity contribution is -0.147. The van der Waals surface area contributed by atoms with E-state index in [1.165, 1.54) is 7.11 Å². The lowest BCUT2D eigenvalue weighted by Gasteiger charge is -2.27. The maximum atomic E-state index is 11.8. The minimum absolute atomic E-state index is 0.236. The van der Waals surface area contributed by atoms with E-state index in [0.29, 0.717) is 6.42 Å². The highest BCUT2D eigenvalue weighted by molar-refractivity contribution is 7.99. The van der Waals surface area contributed by atoms with Crippen LogP contribution in [-0.4, -0.2) is 40.9 Å². The largest absolute Gasteiger partial charge is 0.468 e. The van der Waals surface area contributed by atoms with Crippen LogP contribution in [-0.2, 0) is 9.53 Å². The molecule has 1 atom stereocenters. The zero-order valence-corrected chi connectivity index (χ0v) is 12.7. The van der Waals surface area contributed by atoms with Crippen molar-refractivity contribution in [3.8, 4) is 0 Å². The lowest BCUT2D eigenvalue weighted by atomic mass is 9.99. The highest BCUT2D eigenvalue weighted by Gasteiger charge is 2.32. The quantitative estimate of drug-likeness (QED) is 0.468. The monoisotopic (exact) mass is 283 g/mol. The molecule has 1 heterocycles. The van der Waals surface area contributed by atoms with Crippen molar-refractivity contribution in [3.05, 3.63) is 18.0 Å². The Hall–Kier alpha value is -1.14. The minimum atomic E-state index is -0.652. The molecule has 0 fully saturated rings. The van der Waals surface area contributed by atoms with Crippen molar-refractivity contribution in [1.82, 2.24) is 15.3 Å². The molecule has 6 heteroatoms. The van der Waals surface area contributed by atoms with Crippen LogP contribution in [0.1, 0.15) is 26.0 Å². The van der Waals surface area contributed by atoms with E-state index in [2.05, 4.69) is 15.3 Å². The van der Waals surface area contributed by atoms with E-state index >= 15 is 0 Å². The second kappa shape index (κ2) is 7.45. The molecule has 19 heavy (non-hydrogen) atoms. The Balaban J connectivity index is 2.55. The predicted molar refractivity (Wildman–Crippen MR) is 76.2 cm³/mol. The Morgan fingerprint density at radius 3 is 2.89 bits per heavy atom. The molecule has 0 radical (unpaired) electrons. The van der Waals surface area contributed by atoms with E-state index in [9.17, 15) is 4.79 Å². The fourth-order valence-electron chi connectivity index (χ4n) is 1.72. The summed E-state index contributed by atoms with van der Waals surface area (Å²) in [6.45, 7) is 6.48. The zero-order valence-electron chi connectivity index (χ0n) is 11.9. The third-order valence-electron chi connectivity index (χ3n) is 2.81. The maximum absolute atomic E-state index is 11.8. The van der Waals surface area contributed by atoms with Gasteiger partial charge in [0.2, 0.25) is 0 Å². The van der Waals surface area contributed by atoms with E-state index in [0.717, 1.165) is 23.1 Å². The van der Waals surface area contributed by atoms with Gasteiger partial charge in [0.25, 0.3) is 0 Å². The van der Waals surface area contributed by atoms with Crippen molar-refractivity contribution in [2.24, 2.45) is 0 Å². The van der Waals surface area contributed by atoms with Gasteiger partial charge in [0.05, 0.1) is 7.11 Å². The second-order valence-electron chi connectivity index (χ2n) is 4.43. The van der Waals surface area contributed by atoms with Gasteiger partial charge >= 0.3 is 5.97 Å². The molecule has 0 saturated carbocycles. The van der Waals surface area contributed by atoms with Crippen molar-refractivity contribution < 1.29 is 9.53 Å². The molecule has 1 aromatic rings. The average Bonchev–Trinajstić information content (AvgIpc) is 2.38. The van der Waals surface area contributed by atoms with Crippen LogP contribution >= 0.6 is 11.8 Å². The van der Waals surface area contributed by atoms with Crippen LogP contribution in [0.5, 0.6) is 0 Å². The van der Waals surface area contributed by atoms with Gasteiger partial charge in [-0.2, -0.15) is 0 Å². The highest BCUT2D eigenvalue weighted by atomic mass is 32.2. The van der Waals surface area contributed by atoms with Crippen LogP contribution in [0.3, 0.4) is 0 Å². The number of thioether (sulfide) groups is 1. The first kappa shape index (κ1) is 15.9. The number of carbonyl (C=O) groups excluding carboxylic acids is 1. The van der Waals surface area contributed by atoms with Gasteiger partial charge in [-0.15, -0.1) is 0 Å². The molecular weight excluding hydrogens is 262 g/mol. The second-order valence-corrected chi connectivity index (χ2v) is 5.50. The molecule has 5 nitrogen and oxygen atoms in total. The summed E-state index contributed by atoms with van der Waals surface area (Å²) in [5.41, 5.74) is 0.292. The summed E-state index contributed by atoms with van der Waals surface area (Å²) >= 11 is 1.55. The molecule has 1 unspecified atom stereocenters. The van der Waals surface area contributed by atoms with E-state index in [1.54, 1.807) is 18.0 Å². The molecular formula is C13H21N3O2S. The van der Waals surface area contributed by atoms with Crippen molar-refractivity contribution in [2.75, 3.05) is 19.4 Å². The Labute approximate surface area is 118 Å². The fraction of sp³-hybridized carbons (Fsp3) is 0.615. The number of aromatic nitrogens is 2. The molecule has 0 aliphatic rings. The minimum Gasteiger partial charge on any atom is -0.468 e. The fourth-order valence-corrected chi connectivity index (χ4v) is 2.76. The van der Waals surface area contributed by atoms with Crippen molar-refractivity contribution >= 4 is 17.7 Å². The number of nitrogens with one attached hydrogen (secondary N) is 1. The van der Waals surface area contributed by atoms with Crippen molar-refractivity contribution in [3.63, 3.8) is 0 Å². The number of rotatable bonds is 7. The Morgan fingerprint density at radius 2 is 2.32 bits per heavy atom. The summed E-state index contributed by atoms with van der Waals surface area (Å²) in [5, 5.41) is 3.92. The average molecular weight is 283 g/mol. The van der Waals surface area contributed by atoms with E-state index in [4.69, 9.17) is 4.74 Å². The number of hydrogen-bond donors (Lipinski definition) is 1. The molecule has 106 valence electrons. The van der Waals surface area contributed by atoms with Gasteiger partial charge in [0.1, 0.15) is 5.54 Å². The van der Waals surface area contributed by atoms with Crippen molar-refractivity contribution in [1.29, 1.82) is 0 Å². The summed E-state index contributed by atoms with van der Waals surface area (Å²) in [7, 11) is 1.41. The van der Waals surface area contributed by atoms with Gasteiger partial charge in [0.15, 0.2) is 5.16 Å². The van der Waals surface area contributed by atoms with Crippen LogP contribution in [0.2, 0.25) is 0 Å². The van der Waals surface area contributed by atoms with Crippen molar-refractivity contribution in [2.45, 2.75) is 37.9 Å². The van der Waals surface area contributed by atoms with Gasteiger partial charge in [0, 0.05) is 17.6 Å². The Bertz CT molecular complexity index is 428. The zero-order chi connectivity index (χ0) is 14.3. The summed E-state index contributed by atoms with van der Waals surface area (Å²) in [6, 6.07) is 1.86. The van der Waals surface area contributed by atoms with Crippen LogP contribution < -0.4 is 5.32 Å². The number of carbonyl (C=O) groups is 1. The van der Waals surface area contributed by atoms with Gasteiger partial charge in [-0.25, -0.2) is 9.97 Å². The van der Waals surface area contributed by atoms with Gasteiger partial charge in [-0.1, -0.05) is 18.7 Å². The van der Waals surface area contributed by atoms with Gasteiger partial charge < -0.3 is 10.1 Å². The summed E-state index contributed by atoms with van der Waals surface area (Å²) in [5.74, 6) is 0.516. The summed E-state index contributed by atoms with van der Waals surface area (Å²) < 4.78 is 4.85. The van der Waals surface area contributed by atoms with Gasteiger partial charge in [-0.05, 0) is 32.9 Å². The molecule has 0 aliphatic carbocycles. The third-order valence-corrected chi connectivity index (χ3v) is 3.67. The molecule has 0 amide bonds. The van der Waals surface area contributed by atoms with E-state index in [-0.39, 0.29) is 5.97 Å². The summed E-state index contributed by atoms with van der Waals surface area (Å²) in [6.07, 6.45) is 2.41. The molecule has 1 rings (SSSR count). The number of esters is 1. The molecule has 0 aliphatic heterocycles. The Morgan fingerprint density at radius 1 is 1.58 bits per heavy atom. The highest BCUT2D eigenvalue weighted by Crippen LogP contribution is 2.20. The van der Waals surface area contributed by atoms with Crippen LogP contribution in [0.15, 0.2) is 17.4 Å². The van der Waals surface area contributed by atoms with Gasteiger partial charge in [-0.3, -0.25) is 4.79 Å². The molecule has 0 saturated heterocycles. The lowest BCUT2D eigenvalue weighted by Crippen LogP contribution is -2.50. The molecule has 1 aromatic heterocycles. The number of aryl methyl sites for hydroxylation is 1. The normalized spacial score (nSPS) is 13.9. The number of hydrogen-bond acceptors (Lipinski definition) is 6. The molecule has 0 aromatic carbocycles. The summed E-state index contributed by atoms with van der Waals surface area (Å²) in [4.78, 5) is 20.3. The molecule has 1 N–H and O–H groups in total. The van der Waals surface area contributed by atoms with Crippen LogP contribution in [0.25, 0.3) is 0 Å². The number of ether oxygens (including phenoxy) is 1. The standard InChI is InChI=1S/C13H21N3O2S/c1-5-15-13(3,11(17)18-4)7-9-19-12-14-8-6-10(2)16-12/h6,8,15H,5,7,9H2,1-4H3. The molecule has 0 spiro atoms. The first-order valence-electron chi connectivity index (χ1n) is 6.27. The smallest absolute Gasteiger partial charge is 0.325 e. The first-order chi connectivity index (χ1) is 9.01.